The molecule has 1 aromatic heterocycles. The molecule has 16 nitrogen and oxygen atoms in total. The van der Waals surface area contributed by atoms with Gasteiger partial charge in [0.2, 0.25) is 17.5 Å². The average Bonchev–Trinajstić information content (AvgIpc) is 3.01. The zero-order valence-corrected chi connectivity index (χ0v) is 23.0. The lowest BCUT2D eigenvalue weighted by Crippen LogP contribution is -2.65. The molecule has 0 amide bonds. The Hall–Kier alpha value is -3.55. The molecular formula is C28H32O16. The van der Waals surface area contributed by atoms with Crippen LogP contribution in [0.15, 0.2) is 45.6 Å². The Balaban J connectivity index is 1.60. The third-order valence-electron chi connectivity index (χ3n) is 7.47. The van der Waals surface area contributed by atoms with Crippen LogP contribution in [0, 0.1) is 0 Å². The van der Waals surface area contributed by atoms with E-state index in [1.54, 1.807) is 0 Å². The van der Waals surface area contributed by atoms with Gasteiger partial charge in [0.15, 0.2) is 18.2 Å². The molecule has 2 fully saturated rings. The summed E-state index contributed by atoms with van der Waals surface area (Å²) in [6, 6.07) is 7.89. The van der Waals surface area contributed by atoms with E-state index >= 15 is 0 Å². The van der Waals surface area contributed by atoms with Crippen molar-refractivity contribution in [3.63, 3.8) is 0 Å². The van der Waals surface area contributed by atoms with Gasteiger partial charge in [-0.25, -0.2) is 0 Å². The third kappa shape index (κ3) is 5.80. The highest BCUT2D eigenvalue weighted by atomic mass is 16.8. The maximum absolute atomic E-state index is 13.8. The summed E-state index contributed by atoms with van der Waals surface area (Å²) in [5.74, 6) is -1.29. The molecule has 3 heterocycles. The van der Waals surface area contributed by atoms with Gasteiger partial charge >= 0.3 is 0 Å². The highest BCUT2D eigenvalue weighted by molar-refractivity contribution is 5.88. The summed E-state index contributed by atoms with van der Waals surface area (Å²) in [6.07, 6.45) is -17.5. The number of aliphatic hydroxyl groups is 7. The molecule has 9 N–H and O–H groups in total. The van der Waals surface area contributed by atoms with E-state index in [1.165, 1.54) is 37.4 Å². The summed E-state index contributed by atoms with van der Waals surface area (Å²) in [4.78, 5) is 13.8. The van der Waals surface area contributed by atoms with Gasteiger partial charge in [0.1, 0.15) is 70.9 Å². The first-order chi connectivity index (χ1) is 21.0. The lowest BCUT2D eigenvalue weighted by atomic mass is 9.97. The molecule has 5 rings (SSSR count). The van der Waals surface area contributed by atoms with Crippen LogP contribution in [0.4, 0.5) is 0 Å². The fraction of sp³-hybridized carbons (Fsp3) is 0.464. The number of phenolic OH excluding ortho intramolecular Hbond substituents is 2. The minimum Gasteiger partial charge on any atom is -0.508 e. The van der Waals surface area contributed by atoms with Gasteiger partial charge in [-0.15, -0.1) is 0 Å². The van der Waals surface area contributed by atoms with Crippen LogP contribution in [-0.4, -0.2) is 128 Å². The second kappa shape index (κ2) is 12.8. The van der Waals surface area contributed by atoms with E-state index < -0.39 is 91.6 Å². The van der Waals surface area contributed by atoms with E-state index in [0.717, 1.165) is 6.07 Å². The lowest BCUT2D eigenvalue weighted by molar-refractivity contribution is -0.358. The van der Waals surface area contributed by atoms with Crippen LogP contribution in [0.25, 0.3) is 22.3 Å². The van der Waals surface area contributed by atoms with Crippen LogP contribution >= 0.6 is 0 Å². The summed E-state index contributed by atoms with van der Waals surface area (Å²) in [5, 5.41) is 91.8. The number of rotatable bonds is 8. The Morgan fingerprint density at radius 2 is 1.41 bits per heavy atom. The average molecular weight is 625 g/mol. The van der Waals surface area contributed by atoms with Gasteiger partial charge in [0.25, 0.3) is 0 Å². The lowest BCUT2D eigenvalue weighted by Gasteiger charge is -2.45. The van der Waals surface area contributed by atoms with E-state index in [1.807, 2.05) is 0 Å². The molecule has 0 spiro atoms. The Morgan fingerprint density at radius 3 is 2.02 bits per heavy atom. The van der Waals surface area contributed by atoms with Gasteiger partial charge in [0.05, 0.1) is 20.3 Å². The van der Waals surface area contributed by atoms with E-state index in [-0.39, 0.29) is 33.8 Å². The summed E-state index contributed by atoms with van der Waals surface area (Å²) in [6.45, 7) is -1.60. The minimum atomic E-state index is -1.92. The van der Waals surface area contributed by atoms with Gasteiger partial charge in [0, 0.05) is 17.7 Å². The molecule has 44 heavy (non-hydrogen) atoms. The molecule has 2 aliphatic rings. The SMILES string of the molecule is COc1cc(O)c2c(=O)c(O[C@@H]3O[C@H](CO)[C@@H](O)[C@H](O)[C@H]3O[C@@H]3O[C@H](CO)[C@H](O)[C@H](O)[C@H]3O)c(-c3ccc(O)cc3)oc2c1. The first kappa shape index (κ1) is 31.9. The number of aromatic hydroxyl groups is 2. The van der Waals surface area contributed by atoms with Gasteiger partial charge in [-0.3, -0.25) is 4.79 Å². The Labute approximate surface area is 248 Å². The number of hydrogen-bond donors (Lipinski definition) is 9. The molecule has 240 valence electrons. The molecule has 0 bridgehead atoms. The number of ether oxygens (including phenoxy) is 5. The van der Waals surface area contributed by atoms with E-state index in [2.05, 4.69) is 0 Å². The van der Waals surface area contributed by atoms with Crippen LogP contribution in [0.1, 0.15) is 0 Å². The molecule has 2 aromatic carbocycles. The van der Waals surface area contributed by atoms with E-state index in [0.29, 0.717) is 0 Å². The minimum absolute atomic E-state index is 0.106. The molecule has 0 saturated carbocycles. The number of fused-ring (bicyclic) bond motifs is 1. The number of benzene rings is 2. The number of phenols is 2. The fourth-order valence-electron chi connectivity index (χ4n) is 5.03. The predicted octanol–water partition coefficient (Wildman–Crippen LogP) is -2.12. The summed E-state index contributed by atoms with van der Waals surface area (Å²) < 4.78 is 33.7. The zero-order chi connectivity index (χ0) is 31.9. The van der Waals surface area contributed by atoms with Crippen molar-refractivity contribution in [1.82, 2.24) is 0 Å². The van der Waals surface area contributed by atoms with Gasteiger partial charge in [-0.05, 0) is 24.3 Å². The zero-order valence-electron chi connectivity index (χ0n) is 23.0. The van der Waals surface area contributed by atoms with Crippen molar-refractivity contribution < 1.29 is 74.1 Å². The Bertz CT molecular complexity index is 1510. The van der Waals surface area contributed by atoms with Crippen LogP contribution in [0.5, 0.6) is 23.0 Å². The molecule has 16 heteroatoms. The van der Waals surface area contributed by atoms with Gasteiger partial charge < -0.3 is 74.1 Å². The molecule has 2 aliphatic heterocycles. The first-order valence-electron chi connectivity index (χ1n) is 13.4. The van der Waals surface area contributed by atoms with Gasteiger partial charge in [-0.2, -0.15) is 0 Å². The molecule has 0 radical (unpaired) electrons. The van der Waals surface area contributed by atoms with E-state index in [4.69, 9.17) is 28.1 Å². The number of hydrogen-bond acceptors (Lipinski definition) is 16. The quantitative estimate of drug-likeness (QED) is 0.130. The smallest absolute Gasteiger partial charge is 0.239 e. The summed E-state index contributed by atoms with van der Waals surface area (Å²) in [5.41, 5.74) is -0.823. The van der Waals surface area contributed by atoms with Crippen molar-refractivity contribution in [3.8, 4) is 34.3 Å². The van der Waals surface area contributed by atoms with Crippen molar-refractivity contribution >= 4 is 11.0 Å². The van der Waals surface area contributed by atoms with Gasteiger partial charge in [-0.1, -0.05) is 0 Å². The third-order valence-corrected chi connectivity index (χ3v) is 7.47. The van der Waals surface area contributed by atoms with Crippen molar-refractivity contribution in [2.45, 2.75) is 61.4 Å². The summed E-state index contributed by atoms with van der Waals surface area (Å²) in [7, 11) is 1.34. The number of methoxy groups -OCH3 is 1. The first-order valence-corrected chi connectivity index (χ1v) is 13.4. The topological polar surface area (TPSA) is 258 Å². The largest absolute Gasteiger partial charge is 0.508 e. The van der Waals surface area contributed by atoms with Crippen LogP contribution in [-0.2, 0) is 14.2 Å². The van der Waals surface area contributed by atoms with E-state index in [9.17, 15) is 50.8 Å². The van der Waals surface area contributed by atoms with Crippen LogP contribution in [0.2, 0.25) is 0 Å². The van der Waals surface area contributed by atoms with Crippen molar-refractivity contribution in [1.29, 1.82) is 0 Å². The molecule has 3 aromatic rings. The molecular weight excluding hydrogens is 592 g/mol. The second-order valence-electron chi connectivity index (χ2n) is 10.3. The monoisotopic (exact) mass is 624 g/mol. The Morgan fingerprint density at radius 1 is 0.795 bits per heavy atom. The highest BCUT2D eigenvalue weighted by Crippen LogP contribution is 2.38. The Kier molecular flexibility index (Phi) is 9.28. The number of aliphatic hydroxyl groups excluding tert-OH is 7. The molecule has 10 atom stereocenters. The van der Waals surface area contributed by atoms with Crippen molar-refractivity contribution in [3.05, 3.63) is 46.6 Å². The molecule has 0 aliphatic carbocycles. The fourth-order valence-corrected chi connectivity index (χ4v) is 5.03. The normalized spacial score (nSPS) is 32.5. The van der Waals surface area contributed by atoms with Crippen LogP contribution in [0.3, 0.4) is 0 Å². The predicted molar refractivity (Wildman–Crippen MR) is 145 cm³/mol. The highest BCUT2D eigenvalue weighted by Gasteiger charge is 2.51. The van der Waals surface area contributed by atoms with Crippen molar-refractivity contribution in [2.24, 2.45) is 0 Å². The second-order valence-corrected chi connectivity index (χ2v) is 10.3. The van der Waals surface area contributed by atoms with Crippen molar-refractivity contribution in [2.75, 3.05) is 20.3 Å². The molecule has 2 saturated heterocycles. The van der Waals surface area contributed by atoms with Crippen LogP contribution < -0.4 is 14.9 Å². The standard InChI is InChI=1S/C28H32O16/c1-39-12-6-13(32)17-14(7-12)40-24(10-2-4-11(31)5-3-10)25(20(17)35)43-28-26(22(37)19(34)16(9-30)42-28)44-27-23(38)21(36)18(33)15(8-29)41-27/h2-7,15-16,18-19,21-23,26-34,36-38H,8-9H2,1H3/t15-,16-,18+,19-,21+,22+,23-,26-,27+,28+/m1/s1. The maximum atomic E-state index is 13.8. The maximum Gasteiger partial charge on any atom is 0.239 e. The molecule has 0 unspecified atom stereocenters. The summed E-state index contributed by atoms with van der Waals surface area (Å²) >= 11 is 0.